The maximum atomic E-state index is 11.5. The highest BCUT2D eigenvalue weighted by Crippen LogP contribution is 2.12. The van der Waals surface area contributed by atoms with Crippen LogP contribution in [-0.2, 0) is 14.3 Å². The number of carbonyl (C=O) groups is 2. The van der Waals surface area contributed by atoms with E-state index in [0.29, 0.717) is 18.7 Å². The standard InChI is InChI=1S/C12H17NO4/c1-12(2,3)17-11(15)13-9-5-4-6-10(7-9)16-8-14/h4,6-9H,5H2,1-3H3,(H,13,15). The average molecular weight is 239 g/mol. The summed E-state index contributed by atoms with van der Waals surface area (Å²) in [5.41, 5.74) is -0.527. The van der Waals surface area contributed by atoms with E-state index in [1.165, 1.54) is 0 Å². The summed E-state index contributed by atoms with van der Waals surface area (Å²) in [5.74, 6) is 0.423. The normalized spacial score (nSPS) is 19.2. The molecule has 0 spiro atoms. The SMILES string of the molecule is CC(C)(C)OC(=O)NC1C=C(OC=O)C=CC1. The first-order valence-electron chi connectivity index (χ1n) is 5.39. The van der Waals surface area contributed by atoms with Crippen LogP contribution in [0.1, 0.15) is 27.2 Å². The van der Waals surface area contributed by atoms with Gasteiger partial charge in [-0.15, -0.1) is 0 Å². The molecule has 1 rings (SSSR count). The Balaban J connectivity index is 2.50. The smallest absolute Gasteiger partial charge is 0.408 e. The van der Waals surface area contributed by atoms with Crippen LogP contribution in [-0.4, -0.2) is 24.2 Å². The summed E-state index contributed by atoms with van der Waals surface area (Å²) in [7, 11) is 0. The van der Waals surface area contributed by atoms with Gasteiger partial charge < -0.3 is 14.8 Å². The van der Waals surface area contributed by atoms with Crippen molar-refractivity contribution >= 4 is 12.6 Å². The molecule has 17 heavy (non-hydrogen) atoms. The van der Waals surface area contributed by atoms with Crippen LogP contribution >= 0.6 is 0 Å². The Bertz CT molecular complexity index is 352. The molecule has 0 aromatic carbocycles. The molecule has 0 radical (unpaired) electrons. The zero-order valence-corrected chi connectivity index (χ0v) is 10.2. The van der Waals surface area contributed by atoms with Gasteiger partial charge in [0.1, 0.15) is 11.4 Å². The first-order chi connectivity index (χ1) is 7.90. The fraction of sp³-hybridized carbons (Fsp3) is 0.500. The number of alkyl carbamates (subject to hydrolysis) is 1. The highest BCUT2D eigenvalue weighted by atomic mass is 16.6. The van der Waals surface area contributed by atoms with E-state index in [1.807, 2.05) is 6.08 Å². The minimum Gasteiger partial charge on any atom is -0.444 e. The van der Waals surface area contributed by atoms with E-state index in [0.717, 1.165) is 0 Å². The van der Waals surface area contributed by atoms with Crippen molar-refractivity contribution in [1.29, 1.82) is 0 Å². The fourth-order valence-electron chi connectivity index (χ4n) is 1.35. The van der Waals surface area contributed by atoms with Crippen LogP contribution in [0.3, 0.4) is 0 Å². The minimum absolute atomic E-state index is 0.218. The van der Waals surface area contributed by atoms with Crippen molar-refractivity contribution in [3.05, 3.63) is 24.0 Å². The number of rotatable bonds is 3. The molecule has 1 N–H and O–H groups in total. The largest absolute Gasteiger partial charge is 0.444 e. The summed E-state index contributed by atoms with van der Waals surface area (Å²) >= 11 is 0. The molecule has 0 heterocycles. The topological polar surface area (TPSA) is 64.6 Å². The number of hydrogen-bond donors (Lipinski definition) is 1. The lowest BCUT2D eigenvalue weighted by molar-refractivity contribution is -0.124. The van der Waals surface area contributed by atoms with Crippen molar-refractivity contribution in [2.75, 3.05) is 0 Å². The van der Waals surface area contributed by atoms with Crippen LogP contribution in [0.2, 0.25) is 0 Å². The predicted molar refractivity (Wildman–Crippen MR) is 62.1 cm³/mol. The van der Waals surface area contributed by atoms with Gasteiger partial charge >= 0.3 is 6.09 Å². The molecule has 94 valence electrons. The van der Waals surface area contributed by atoms with Crippen molar-refractivity contribution < 1.29 is 19.1 Å². The third kappa shape index (κ3) is 5.19. The Morgan fingerprint density at radius 2 is 2.24 bits per heavy atom. The molecule has 1 atom stereocenters. The van der Waals surface area contributed by atoms with E-state index in [9.17, 15) is 9.59 Å². The van der Waals surface area contributed by atoms with Crippen molar-refractivity contribution in [2.24, 2.45) is 0 Å². The van der Waals surface area contributed by atoms with E-state index in [1.54, 1.807) is 32.9 Å². The van der Waals surface area contributed by atoms with Gasteiger partial charge in [0.2, 0.25) is 0 Å². The number of ether oxygens (including phenoxy) is 2. The van der Waals surface area contributed by atoms with Crippen LogP contribution in [0.4, 0.5) is 4.79 Å². The van der Waals surface area contributed by atoms with Gasteiger partial charge in [0.25, 0.3) is 6.47 Å². The van der Waals surface area contributed by atoms with E-state index < -0.39 is 11.7 Å². The highest BCUT2D eigenvalue weighted by Gasteiger charge is 2.19. The van der Waals surface area contributed by atoms with E-state index in [-0.39, 0.29) is 6.04 Å². The summed E-state index contributed by atoms with van der Waals surface area (Å²) < 4.78 is 9.82. The molecular weight excluding hydrogens is 222 g/mol. The third-order valence-corrected chi connectivity index (χ3v) is 1.92. The molecule has 1 aliphatic rings. The van der Waals surface area contributed by atoms with Crippen LogP contribution in [0.25, 0.3) is 0 Å². The van der Waals surface area contributed by atoms with Crippen LogP contribution in [0, 0.1) is 0 Å². The Kier molecular flexibility index (Phi) is 4.31. The maximum Gasteiger partial charge on any atom is 0.408 e. The van der Waals surface area contributed by atoms with Gasteiger partial charge in [-0.1, -0.05) is 6.08 Å². The summed E-state index contributed by atoms with van der Waals surface area (Å²) in [6.07, 6.45) is 5.32. The second kappa shape index (κ2) is 5.52. The quantitative estimate of drug-likeness (QED) is 0.764. The second-order valence-corrected chi connectivity index (χ2v) is 4.67. The van der Waals surface area contributed by atoms with Gasteiger partial charge in [0.15, 0.2) is 0 Å². The monoisotopic (exact) mass is 239 g/mol. The second-order valence-electron chi connectivity index (χ2n) is 4.67. The molecule has 5 heteroatoms. The molecule has 5 nitrogen and oxygen atoms in total. The molecule has 1 aliphatic carbocycles. The molecule has 0 saturated heterocycles. The predicted octanol–water partition coefficient (Wildman–Crippen LogP) is 1.90. The molecule has 0 aromatic heterocycles. The Morgan fingerprint density at radius 3 is 2.82 bits per heavy atom. The average Bonchev–Trinajstić information content (AvgIpc) is 2.15. The minimum atomic E-state index is -0.527. The lowest BCUT2D eigenvalue weighted by Crippen LogP contribution is -2.38. The number of carbonyl (C=O) groups excluding carboxylic acids is 2. The number of amides is 1. The molecule has 0 saturated carbocycles. The number of hydrogen-bond acceptors (Lipinski definition) is 4. The summed E-state index contributed by atoms with van der Waals surface area (Å²) in [5, 5.41) is 2.68. The highest BCUT2D eigenvalue weighted by molar-refractivity contribution is 5.68. The van der Waals surface area contributed by atoms with E-state index >= 15 is 0 Å². The van der Waals surface area contributed by atoms with Crippen LogP contribution in [0.15, 0.2) is 24.0 Å². The van der Waals surface area contributed by atoms with E-state index in [4.69, 9.17) is 9.47 Å². The zero-order chi connectivity index (χ0) is 12.9. The number of allylic oxidation sites excluding steroid dienone is 1. The summed E-state index contributed by atoms with van der Waals surface area (Å²) in [6.45, 7) is 5.74. The zero-order valence-electron chi connectivity index (χ0n) is 10.2. The fourth-order valence-corrected chi connectivity index (χ4v) is 1.35. The Morgan fingerprint density at radius 1 is 1.53 bits per heavy atom. The Hall–Kier alpha value is -1.78. The molecule has 0 fully saturated rings. The van der Waals surface area contributed by atoms with Gasteiger partial charge in [-0.2, -0.15) is 0 Å². The van der Waals surface area contributed by atoms with Gasteiger partial charge in [0.05, 0.1) is 6.04 Å². The molecule has 0 aliphatic heterocycles. The molecule has 0 aromatic rings. The van der Waals surface area contributed by atoms with Crippen LogP contribution < -0.4 is 5.32 Å². The van der Waals surface area contributed by atoms with Crippen molar-refractivity contribution in [2.45, 2.75) is 38.8 Å². The number of nitrogens with one attached hydrogen (secondary N) is 1. The first kappa shape index (κ1) is 13.3. The molecule has 1 unspecified atom stereocenters. The van der Waals surface area contributed by atoms with Gasteiger partial charge in [-0.25, -0.2) is 4.79 Å². The van der Waals surface area contributed by atoms with Gasteiger partial charge in [-0.05, 0) is 39.3 Å². The first-order valence-corrected chi connectivity index (χ1v) is 5.39. The lowest BCUT2D eigenvalue weighted by atomic mass is 10.1. The Labute approximate surface area is 100 Å². The third-order valence-electron chi connectivity index (χ3n) is 1.92. The van der Waals surface area contributed by atoms with Crippen molar-refractivity contribution in [3.63, 3.8) is 0 Å². The molecular formula is C12H17NO4. The lowest BCUT2D eigenvalue weighted by Gasteiger charge is -2.22. The molecule has 0 bridgehead atoms. The summed E-state index contributed by atoms with van der Waals surface area (Å²) in [6, 6.07) is -0.218. The van der Waals surface area contributed by atoms with Gasteiger partial charge in [0, 0.05) is 0 Å². The van der Waals surface area contributed by atoms with Crippen molar-refractivity contribution in [3.8, 4) is 0 Å². The van der Waals surface area contributed by atoms with Gasteiger partial charge in [-0.3, -0.25) is 4.79 Å². The summed E-state index contributed by atoms with van der Waals surface area (Å²) in [4.78, 5) is 21.7. The van der Waals surface area contributed by atoms with Crippen LogP contribution in [0.5, 0.6) is 0 Å². The van der Waals surface area contributed by atoms with E-state index in [2.05, 4.69) is 5.32 Å². The molecule has 1 amide bonds. The van der Waals surface area contributed by atoms with Crippen molar-refractivity contribution in [1.82, 2.24) is 5.32 Å². The maximum absolute atomic E-state index is 11.5.